The fraction of sp³-hybridized carbons (Fsp3) is 0.370. The maximum absolute atomic E-state index is 14.8. The molecule has 0 unspecified atom stereocenters. The lowest BCUT2D eigenvalue weighted by Crippen LogP contribution is -2.53. The van der Waals surface area contributed by atoms with Gasteiger partial charge < -0.3 is 4.90 Å². The van der Waals surface area contributed by atoms with Crippen LogP contribution in [0.15, 0.2) is 41.3 Å². The molecule has 2 aliphatic heterocycles. The van der Waals surface area contributed by atoms with E-state index in [1.165, 1.54) is 16.8 Å². The number of benzene rings is 2. The summed E-state index contributed by atoms with van der Waals surface area (Å²) in [5.74, 6) is -0.516. The normalized spacial score (nSPS) is 22.0. The minimum absolute atomic E-state index is 0.00455. The van der Waals surface area contributed by atoms with Crippen LogP contribution >= 0.6 is 23.4 Å². The van der Waals surface area contributed by atoms with E-state index in [0.717, 1.165) is 22.7 Å². The molecule has 2 aromatic carbocycles. The SMILES string of the molecule is CCN1CC[C@@H](N2C(=O)S/C(=C\c3ccc4c(c3)c(C)nn4Cc3ccc(Cl)cc3C(F)(F)F)C2=O)[C@H](F)C1. The summed E-state index contributed by atoms with van der Waals surface area (Å²) in [5.41, 5.74) is 1.04. The third-order valence-electron chi connectivity index (χ3n) is 7.15. The number of carbonyl (C=O) groups is 2. The van der Waals surface area contributed by atoms with Gasteiger partial charge >= 0.3 is 6.18 Å². The van der Waals surface area contributed by atoms with Gasteiger partial charge in [-0.25, -0.2) is 4.39 Å². The minimum Gasteiger partial charge on any atom is -0.301 e. The molecule has 2 aliphatic rings. The van der Waals surface area contributed by atoms with Gasteiger partial charge in [-0.15, -0.1) is 0 Å². The molecule has 3 heterocycles. The zero-order valence-electron chi connectivity index (χ0n) is 21.1. The highest BCUT2D eigenvalue weighted by atomic mass is 35.5. The summed E-state index contributed by atoms with van der Waals surface area (Å²) < 4.78 is 57.1. The molecule has 5 rings (SSSR count). The molecular weight excluding hydrogens is 556 g/mol. The molecule has 2 atom stereocenters. The highest BCUT2D eigenvalue weighted by molar-refractivity contribution is 8.18. The van der Waals surface area contributed by atoms with E-state index < -0.39 is 35.1 Å². The Morgan fingerprint density at radius 3 is 2.64 bits per heavy atom. The average Bonchev–Trinajstić information content (AvgIpc) is 3.33. The Morgan fingerprint density at radius 1 is 1.18 bits per heavy atom. The lowest BCUT2D eigenvalue weighted by molar-refractivity contribution is -0.138. The van der Waals surface area contributed by atoms with Crippen molar-refractivity contribution in [2.24, 2.45) is 0 Å². The zero-order chi connectivity index (χ0) is 28.1. The number of halogens is 5. The predicted octanol–water partition coefficient (Wildman–Crippen LogP) is 6.53. The number of aromatic nitrogens is 2. The summed E-state index contributed by atoms with van der Waals surface area (Å²) >= 11 is 6.59. The smallest absolute Gasteiger partial charge is 0.301 e. The molecule has 0 bridgehead atoms. The van der Waals surface area contributed by atoms with Crippen molar-refractivity contribution in [1.29, 1.82) is 0 Å². The minimum atomic E-state index is -4.57. The maximum Gasteiger partial charge on any atom is 0.416 e. The lowest BCUT2D eigenvalue weighted by Gasteiger charge is -2.37. The number of aryl methyl sites for hydroxylation is 1. The third-order valence-corrected chi connectivity index (χ3v) is 8.27. The van der Waals surface area contributed by atoms with E-state index in [1.807, 2.05) is 11.8 Å². The number of rotatable bonds is 5. The average molecular weight is 581 g/mol. The number of nitrogens with zero attached hydrogens (tertiary/aromatic N) is 4. The van der Waals surface area contributed by atoms with Gasteiger partial charge in [0.2, 0.25) is 0 Å². The second kappa shape index (κ2) is 10.6. The van der Waals surface area contributed by atoms with E-state index in [4.69, 9.17) is 11.6 Å². The van der Waals surface area contributed by atoms with Crippen LogP contribution in [0.25, 0.3) is 17.0 Å². The van der Waals surface area contributed by atoms with Gasteiger partial charge in [0.1, 0.15) is 6.17 Å². The number of fused-ring (bicyclic) bond motifs is 1. The van der Waals surface area contributed by atoms with Crippen molar-refractivity contribution in [2.45, 2.75) is 45.2 Å². The van der Waals surface area contributed by atoms with Crippen molar-refractivity contribution in [2.75, 3.05) is 19.6 Å². The fourth-order valence-electron chi connectivity index (χ4n) is 5.13. The van der Waals surface area contributed by atoms with E-state index >= 15 is 0 Å². The van der Waals surface area contributed by atoms with E-state index in [-0.39, 0.29) is 28.6 Å². The first kappa shape index (κ1) is 27.7. The molecule has 0 spiro atoms. The molecule has 0 radical (unpaired) electrons. The van der Waals surface area contributed by atoms with Gasteiger partial charge in [-0.2, -0.15) is 18.3 Å². The second-order valence-electron chi connectivity index (χ2n) is 9.64. The molecule has 2 fully saturated rings. The first-order valence-electron chi connectivity index (χ1n) is 12.4. The summed E-state index contributed by atoms with van der Waals surface area (Å²) in [6.07, 6.45) is -3.91. The molecule has 6 nitrogen and oxygen atoms in total. The molecule has 0 aliphatic carbocycles. The van der Waals surface area contributed by atoms with E-state index in [1.54, 1.807) is 31.2 Å². The van der Waals surface area contributed by atoms with Crippen LogP contribution in [0.3, 0.4) is 0 Å². The molecule has 1 aromatic heterocycles. The number of alkyl halides is 4. The summed E-state index contributed by atoms with van der Waals surface area (Å²) in [6.45, 7) is 5.07. The topological polar surface area (TPSA) is 58.4 Å². The van der Waals surface area contributed by atoms with Crippen LogP contribution in [0, 0.1) is 6.92 Å². The van der Waals surface area contributed by atoms with Crippen molar-refractivity contribution in [3.63, 3.8) is 0 Å². The molecule has 0 saturated carbocycles. The van der Waals surface area contributed by atoms with Gasteiger partial charge in [-0.3, -0.25) is 19.2 Å². The summed E-state index contributed by atoms with van der Waals surface area (Å²) in [6, 6.07) is 8.06. The first-order valence-corrected chi connectivity index (χ1v) is 13.6. The molecule has 39 heavy (non-hydrogen) atoms. The summed E-state index contributed by atoms with van der Waals surface area (Å²) in [4.78, 5) is 29.0. The number of hydrogen-bond acceptors (Lipinski definition) is 5. The van der Waals surface area contributed by atoms with Crippen LogP contribution in [0.2, 0.25) is 5.02 Å². The van der Waals surface area contributed by atoms with Crippen molar-refractivity contribution < 1.29 is 27.2 Å². The lowest BCUT2D eigenvalue weighted by atomic mass is 10.0. The van der Waals surface area contributed by atoms with Crippen LogP contribution in [0.1, 0.15) is 35.7 Å². The summed E-state index contributed by atoms with van der Waals surface area (Å²) in [7, 11) is 0. The Balaban J connectivity index is 1.41. The number of amides is 2. The number of carbonyl (C=O) groups excluding carboxylic acids is 2. The molecule has 12 heteroatoms. The van der Waals surface area contributed by atoms with E-state index in [9.17, 15) is 27.2 Å². The van der Waals surface area contributed by atoms with Crippen LogP contribution in [0.4, 0.5) is 22.4 Å². The quantitative estimate of drug-likeness (QED) is 0.254. The Hall–Kier alpha value is -2.89. The van der Waals surface area contributed by atoms with Crippen molar-refractivity contribution >= 4 is 51.5 Å². The largest absolute Gasteiger partial charge is 0.416 e. The van der Waals surface area contributed by atoms with Crippen LogP contribution in [-0.4, -0.2) is 62.6 Å². The molecule has 2 saturated heterocycles. The van der Waals surface area contributed by atoms with Crippen LogP contribution < -0.4 is 0 Å². The number of piperidine rings is 1. The van der Waals surface area contributed by atoms with Gasteiger partial charge in [-0.05, 0) is 73.1 Å². The van der Waals surface area contributed by atoms with Crippen molar-refractivity contribution in [1.82, 2.24) is 19.6 Å². The Kier molecular flexibility index (Phi) is 7.51. The monoisotopic (exact) mass is 580 g/mol. The van der Waals surface area contributed by atoms with Gasteiger partial charge in [0.05, 0.1) is 34.3 Å². The van der Waals surface area contributed by atoms with Crippen LogP contribution in [0.5, 0.6) is 0 Å². The number of thioether (sulfide) groups is 1. The Bertz CT molecular complexity index is 1490. The van der Waals surface area contributed by atoms with Crippen molar-refractivity contribution in [3.05, 3.63) is 68.7 Å². The third kappa shape index (κ3) is 5.44. The number of imide groups is 1. The highest BCUT2D eigenvalue weighted by Crippen LogP contribution is 2.37. The number of likely N-dealkylation sites (tertiary alicyclic amines) is 1. The molecule has 206 valence electrons. The second-order valence-corrected chi connectivity index (χ2v) is 11.1. The molecular formula is C27H25ClF4N4O2S. The maximum atomic E-state index is 14.8. The van der Waals surface area contributed by atoms with Gasteiger partial charge in [0, 0.05) is 23.5 Å². The van der Waals surface area contributed by atoms with Crippen molar-refractivity contribution in [3.8, 4) is 0 Å². The van der Waals surface area contributed by atoms with Gasteiger partial charge in [-0.1, -0.05) is 30.7 Å². The first-order chi connectivity index (χ1) is 18.5. The van der Waals surface area contributed by atoms with E-state index in [0.29, 0.717) is 41.7 Å². The predicted molar refractivity (Wildman–Crippen MR) is 143 cm³/mol. The summed E-state index contributed by atoms with van der Waals surface area (Å²) in [5, 5.41) is 4.64. The molecule has 2 amide bonds. The molecule has 0 N–H and O–H groups in total. The Labute approximate surface area is 231 Å². The zero-order valence-corrected chi connectivity index (χ0v) is 22.7. The Morgan fingerprint density at radius 2 is 1.95 bits per heavy atom. The number of hydrogen-bond donors (Lipinski definition) is 0. The molecule has 3 aromatic rings. The highest BCUT2D eigenvalue weighted by Gasteiger charge is 2.44. The van der Waals surface area contributed by atoms with E-state index in [2.05, 4.69) is 5.10 Å². The van der Waals surface area contributed by atoms with Crippen LogP contribution in [-0.2, 0) is 17.5 Å². The fourth-order valence-corrected chi connectivity index (χ4v) is 6.19. The standard InChI is InChI=1S/C27H25ClF4N4O2S/c1-3-34-9-8-23(21(29)14-34)36-25(37)24(39-26(36)38)11-16-4-7-22-19(10-16)15(2)33-35(22)13-17-5-6-18(28)12-20(17)27(30,31)32/h4-7,10-12,21,23H,3,8-9,13-14H2,1-2H3/b24-11-/t21-,23-/m1/s1. The van der Waals surface area contributed by atoms with Gasteiger partial charge in [0.15, 0.2) is 0 Å². The van der Waals surface area contributed by atoms with Gasteiger partial charge in [0.25, 0.3) is 11.1 Å².